The van der Waals surface area contributed by atoms with Gasteiger partial charge in [-0.3, -0.25) is 4.79 Å². The second-order valence-corrected chi connectivity index (χ2v) is 5.96. The molecule has 1 N–H and O–H groups in total. The first-order valence-corrected chi connectivity index (χ1v) is 7.81. The lowest BCUT2D eigenvalue weighted by Crippen LogP contribution is -2.38. The molecule has 1 aliphatic rings. The van der Waals surface area contributed by atoms with E-state index in [9.17, 15) is 9.90 Å². The van der Waals surface area contributed by atoms with Gasteiger partial charge in [0.1, 0.15) is 18.3 Å². The summed E-state index contributed by atoms with van der Waals surface area (Å²) in [4.78, 5) is 12.0. The van der Waals surface area contributed by atoms with E-state index in [4.69, 9.17) is 14.2 Å². The Bertz CT molecular complexity index is 391. The predicted molar refractivity (Wildman–Crippen MR) is 84.2 cm³/mol. The van der Waals surface area contributed by atoms with Gasteiger partial charge in [-0.2, -0.15) is 0 Å². The predicted octanol–water partition coefficient (Wildman–Crippen LogP) is 2.73. The van der Waals surface area contributed by atoms with E-state index < -0.39 is 11.9 Å². The van der Waals surface area contributed by atoms with E-state index in [1.165, 1.54) is 6.08 Å². The minimum absolute atomic E-state index is 0.142. The molecule has 1 aliphatic heterocycles. The van der Waals surface area contributed by atoms with Gasteiger partial charge in [-0.15, -0.1) is 13.2 Å². The van der Waals surface area contributed by atoms with E-state index in [1.54, 1.807) is 6.08 Å². The maximum Gasteiger partial charge on any atom is 0.306 e. The van der Waals surface area contributed by atoms with Gasteiger partial charge in [0.05, 0.1) is 6.10 Å². The molecule has 0 aromatic heterocycles. The molecule has 0 amide bonds. The molecule has 1 heterocycles. The standard InChI is InChI=1S/C17H28O5/c1-6-9-14(20-15(19)11-10-12(18)7-2)16-13(8-3)21-17(4,5)22-16/h7-8,12-14,16,18H,2-3,6,9-11H2,1,4-5H3/t12-,13-,14+,16-/m0/s1. The molecule has 0 spiro atoms. The Morgan fingerprint density at radius 3 is 2.59 bits per heavy atom. The van der Waals surface area contributed by atoms with E-state index in [2.05, 4.69) is 13.2 Å². The van der Waals surface area contributed by atoms with Gasteiger partial charge in [-0.05, 0) is 26.7 Å². The smallest absolute Gasteiger partial charge is 0.306 e. The van der Waals surface area contributed by atoms with Crippen LogP contribution in [-0.2, 0) is 19.0 Å². The Balaban J connectivity index is 2.66. The highest BCUT2D eigenvalue weighted by molar-refractivity contribution is 5.69. The molecular weight excluding hydrogens is 284 g/mol. The molecule has 0 radical (unpaired) electrons. The number of hydrogen-bond donors (Lipinski definition) is 1. The van der Waals surface area contributed by atoms with Gasteiger partial charge < -0.3 is 19.3 Å². The van der Waals surface area contributed by atoms with Gasteiger partial charge in [-0.1, -0.05) is 25.5 Å². The lowest BCUT2D eigenvalue weighted by molar-refractivity contribution is -0.171. The second-order valence-electron chi connectivity index (χ2n) is 5.96. The van der Waals surface area contributed by atoms with E-state index in [1.807, 2.05) is 20.8 Å². The summed E-state index contributed by atoms with van der Waals surface area (Å²) in [5, 5.41) is 9.42. The summed E-state index contributed by atoms with van der Waals surface area (Å²) in [6.45, 7) is 12.9. The lowest BCUT2D eigenvalue weighted by atomic mass is 10.0. The highest BCUT2D eigenvalue weighted by Crippen LogP contribution is 2.33. The molecule has 4 atom stereocenters. The molecule has 1 rings (SSSR count). The zero-order chi connectivity index (χ0) is 16.8. The Kier molecular flexibility index (Phi) is 7.26. The van der Waals surface area contributed by atoms with Gasteiger partial charge in [0, 0.05) is 6.42 Å². The fourth-order valence-electron chi connectivity index (χ4n) is 2.47. The first-order chi connectivity index (χ1) is 10.3. The monoisotopic (exact) mass is 312 g/mol. The van der Waals surface area contributed by atoms with Crippen LogP contribution in [0.2, 0.25) is 0 Å². The molecule has 0 unspecified atom stereocenters. The zero-order valence-corrected chi connectivity index (χ0v) is 13.8. The van der Waals surface area contributed by atoms with Crippen molar-refractivity contribution < 1.29 is 24.1 Å². The largest absolute Gasteiger partial charge is 0.459 e. The average molecular weight is 312 g/mol. The normalized spacial score (nSPS) is 26.2. The van der Waals surface area contributed by atoms with Crippen LogP contribution in [0.1, 0.15) is 46.5 Å². The highest BCUT2D eigenvalue weighted by atomic mass is 16.8. The third kappa shape index (κ3) is 5.55. The molecule has 1 fully saturated rings. The van der Waals surface area contributed by atoms with Crippen LogP contribution in [0.4, 0.5) is 0 Å². The molecule has 126 valence electrons. The Hall–Kier alpha value is -1.17. The Labute approximate surface area is 132 Å². The van der Waals surface area contributed by atoms with Crippen LogP contribution in [0.3, 0.4) is 0 Å². The Morgan fingerprint density at radius 1 is 1.36 bits per heavy atom. The molecule has 22 heavy (non-hydrogen) atoms. The van der Waals surface area contributed by atoms with Crippen molar-refractivity contribution in [2.75, 3.05) is 0 Å². The fourth-order valence-corrected chi connectivity index (χ4v) is 2.47. The number of aliphatic hydroxyl groups is 1. The number of aliphatic hydroxyl groups excluding tert-OH is 1. The molecule has 0 saturated carbocycles. The van der Waals surface area contributed by atoms with Crippen LogP contribution >= 0.6 is 0 Å². The van der Waals surface area contributed by atoms with Crippen LogP contribution in [0.15, 0.2) is 25.3 Å². The zero-order valence-electron chi connectivity index (χ0n) is 13.8. The van der Waals surface area contributed by atoms with Gasteiger partial charge in [0.2, 0.25) is 0 Å². The first kappa shape index (κ1) is 18.9. The Morgan fingerprint density at radius 2 is 2.05 bits per heavy atom. The molecule has 1 saturated heterocycles. The molecule has 5 heteroatoms. The number of esters is 1. The maximum absolute atomic E-state index is 12.0. The third-order valence-corrected chi connectivity index (χ3v) is 3.53. The minimum atomic E-state index is -0.721. The maximum atomic E-state index is 12.0. The van der Waals surface area contributed by atoms with Crippen LogP contribution in [0, 0.1) is 0 Å². The van der Waals surface area contributed by atoms with Gasteiger partial charge in [0.25, 0.3) is 0 Å². The van der Waals surface area contributed by atoms with Crippen molar-refractivity contribution in [3.63, 3.8) is 0 Å². The van der Waals surface area contributed by atoms with Crippen LogP contribution in [-0.4, -0.2) is 41.3 Å². The topological polar surface area (TPSA) is 65.0 Å². The number of carbonyl (C=O) groups is 1. The molecule has 0 aliphatic carbocycles. The first-order valence-electron chi connectivity index (χ1n) is 7.81. The van der Waals surface area contributed by atoms with Gasteiger partial charge in [0.15, 0.2) is 5.79 Å². The summed E-state index contributed by atoms with van der Waals surface area (Å²) in [6.07, 6.45) is 3.33. The number of ether oxygens (including phenoxy) is 3. The van der Waals surface area contributed by atoms with Crippen molar-refractivity contribution in [1.29, 1.82) is 0 Å². The molecule has 0 bridgehead atoms. The van der Waals surface area contributed by atoms with Crippen molar-refractivity contribution in [2.24, 2.45) is 0 Å². The van der Waals surface area contributed by atoms with Crippen LogP contribution in [0.5, 0.6) is 0 Å². The summed E-state index contributed by atoms with van der Waals surface area (Å²) in [5.74, 6) is -1.07. The van der Waals surface area contributed by atoms with Crippen molar-refractivity contribution in [1.82, 2.24) is 0 Å². The second kappa shape index (κ2) is 8.46. The SMILES string of the molecule is C=C[C@@H]1OC(C)(C)O[C@@H]1[C@@H](CCC)OC(=O)CC[C@@H](O)C=C. The summed E-state index contributed by atoms with van der Waals surface area (Å²) >= 11 is 0. The van der Waals surface area contributed by atoms with Crippen LogP contribution in [0.25, 0.3) is 0 Å². The van der Waals surface area contributed by atoms with Crippen molar-refractivity contribution in [3.05, 3.63) is 25.3 Å². The number of rotatable bonds is 9. The molecule has 5 nitrogen and oxygen atoms in total. The molecule has 0 aromatic carbocycles. The van der Waals surface area contributed by atoms with Crippen molar-refractivity contribution in [3.8, 4) is 0 Å². The molecule has 0 aromatic rings. The third-order valence-electron chi connectivity index (χ3n) is 3.53. The highest BCUT2D eigenvalue weighted by Gasteiger charge is 2.44. The fraction of sp³-hybridized carbons (Fsp3) is 0.706. The van der Waals surface area contributed by atoms with Gasteiger partial charge >= 0.3 is 5.97 Å². The van der Waals surface area contributed by atoms with Crippen molar-refractivity contribution in [2.45, 2.75) is 76.7 Å². The summed E-state index contributed by atoms with van der Waals surface area (Å²) in [5.41, 5.74) is 0. The summed E-state index contributed by atoms with van der Waals surface area (Å²) in [6, 6.07) is 0. The minimum Gasteiger partial charge on any atom is -0.459 e. The molecular formula is C17H28O5. The van der Waals surface area contributed by atoms with E-state index in [0.717, 1.165) is 6.42 Å². The van der Waals surface area contributed by atoms with E-state index in [-0.39, 0.29) is 30.7 Å². The van der Waals surface area contributed by atoms with Gasteiger partial charge in [-0.25, -0.2) is 0 Å². The lowest BCUT2D eigenvalue weighted by Gasteiger charge is -2.25. The summed E-state index contributed by atoms with van der Waals surface area (Å²) in [7, 11) is 0. The van der Waals surface area contributed by atoms with E-state index >= 15 is 0 Å². The number of carbonyl (C=O) groups excluding carboxylic acids is 1. The van der Waals surface area contributed by atoms with E-state index in [0.29, 0.717) is 12.8 Å². The van der Waals surface area contributed by atoms with Crippen LogP contribution < -0.4 is 0 Å². The average Bonchev–Trinajstić information content (AvgIpc) is 2.79. The number of hydrogen-bond acceptors (Lipinski definition) is 5. The van der Waals surface area contributed by atoms with Crippen molar-refractivity contribution >= 4 is 5.97 Å². The quantitative estimate of drug-likeness (QED) is 0.524. The summed E-state index contributed by atoms with van der Waals surface area (Å²) < 4.78 is 17.2.